The highest BCUT2D eigenvalue weighted by atomic mass is 127. The molecule has 1 fully saturated rings. The van der Waals surface area contributed by atoms with Crippen LogP contribution in [0.2, 0.25) is 5.02 Å². The van der Waals surface area contributed by atoms with Gasteiger partial charge in [0.05, 0.1) is 23.4 Å². The van der Waals surface area contributed by atoms with Crippen LogP contribution < -0.4 is 0 Å². The molecular formula is C28H28ClIN2OS2. The van der Waals surface area contributed by atoms with E-state index < -0.39 is 0 Å². The van der Waals surface area contributed by atoms with Crippen LogP contribution in [-0.2, 0) is 4.74 Å². The summed E-state index contributed by atoms with van der Waals surface area (Å²) in [4.78, 5) is 1.09. The molecule has 7 heteroatoms. The summed E-state index contributed by atoms with van der Waals surface area (Å²) in [6.07, 6.45) is 1.88. The first-order chi connectivity index (χ1) is 17.2. The molecule has 0 spiro atoms. The van der Waals surface area contributed by atoms with Crippen LogP contribution in [0.5, 0.6) is 0 Å². The van der Waals surface area contributed by atoms with E-state index in [9.17, 15) is 0 Å². The number of hydrogen-bond donors (Lipinski definition) is 0. The summed E-state index contributed by atoms with van der Waals surface area (Å²) < 4.78 is 11.4. The molecule has 3 aromatic carbocycles. The van der Waals surface area contributed by atoms with E-state index in [1.165, 1.54) is 16.7 Å². The highest BCUT2D eigenvalue weighted by molar-refractivity contribution is 14.2. The predicted octanol–water partition coefficient (Wildman–Crippen LogP) is 8.90. The number of hydrogen-bond acceptors (Lipinski definition) is 5. The van der Waals surface area contributed by atoms with E-state index in [4.69, 9.17) is 16.3 Å². The van der Waals surface area contributed by atoms with Gasteiger partial charge in [-0.1, -0.05) is 84.4 Å². The number of halogens is 2. The molecule has 1 saturated heterocycles. The molecule has 0 aromatic heterocycles. The smallest absolute Gasteiger partial charge is 0.1000 e. The lowest BCUT2D eigenvalue weighted by Crippen LogP contribution is -2.47. The minimum atomic E-state index is 0.259. The molecule has 3 aromatic rings. The second-order valence-electron chi connectivity index (χ2n) is 8.72. The molecule has 0 bridgehead atoms. The Morgan fingerprint density at radius 1 is 0.886 bits per heavy atom. The fourth-order valence-electron chi connectivity index (χ4n) is 5.08. The molecule has 0 radical (unpaired) electrons. The Hall–Kier alpha value is -1.16. The Balaban J connectivity index is 1.56. The lowest BCUT2D eigenvalue weighted by Gasteiger charge is -2.49. The Morgan fingerprint density at radius 3 is 2.14 bits per heavy atom. The standard InChI is InChI=1S/C28H28ClIN2OS2/c1-2-33-27-18-25(21-13-7-4-8-14-21)32(35-30)26-17-24(20-11-5-3-6-12-20)31(19-22(26)27)34-28-16-10-9-15-23(28)29/h3-16,24-26H,2,17-19H2,1H3/t24-,25-,26?/m0/s1. The van der Waals surface area contributed by atoms with Gasteiger partial charge in [0, 0.05) is 56.7 Å². The minimum absolute atomic E-state index is 0.259. The molecule has 3 nitrogen and oxygen atoms in total. The van der Waals surface area contributed by atoms with E-state index >= 15 is 0 Å². The van der Waals surface area contributed by atoms with E-state index in [1.54, 1.807) is 11.9 Å². The van der Waals surface area contributed by atoms with E-state index in [2.05, 4.69) is 110 Å². The first-order valence-corrected chi connectivity index (χ1v) is 16.4. The van der Waals surface area contributed by atoms with Crippen LogP contribution in [0.25, 0.3) is 0 Å². The highest BCUT2D eigenvalue weighted by Crippen LogP contribution is 2.51. The van der Waals surface area contributed by atoms with Crippen molar-refractivity contribution >= 4 is 53.9 Å². The van der Waals surface area contributed by atoms with Crippen LogP contribution in [0.4, 0.5) is 0 Å². The average Bonchev–Trinajstić information content (AvgIpc) is 2.90. The van der Waals surface area contributed by atoms with Crippen molar-refractivity contribution in [1.82, 2.24) is 8.61 Å². The van der Waals surface area contributed by atoms with Gasteiger partial charge >= 0.3 is 0 Å². The molecule has 2 aliphatic heterocycles. The van der Waals surface area contributed by atoms with E-state index in [0.29, 0.717) is 12.6 Å². The number of fused-ring (bicyclic) bond motifs is 1. The van der Waals surface area contributed by atoms with E-state index in [-0.39, 0.29) is 12.1 Å². The van der Waals surface area contributed by atoms with Gasteiger partial charge in [-0.25, -0.2) is 8.61 Å². The predicted molar refractivity (Wildman–Crippen MR) is 158 cm³/mol. The van der Waals surface area contributed by atoms with Crippen molar-refractivity contribution in [3.63, 3.8) is 0 Å². The third-order valence-corrected chi connectivity index (χ3v) is 10.3. The quantitative estimate of drug-likeness (QED) is 0.190. The monoisotopic (exact) mass is 634 g/mol. The zero-order chi connectivity index (χ0) is 24.2. The van der Waals surface area contributed by atoms with Gasteiger partial charge in [-0.15, -0.1) is 0 Å². The number of rotatable bonds is 7. The fraction of sp³-hybridized carbons (Fsp3) is 0.286. The molecule has 182 valence electrons. The molecular weight excluding hydrogens is 607 g/mol. The van der Waals surface area contributed by atoms with Crippen molar-refractivity contribution in [2.75, 3.05) is 13.2 Å². The van der Waals surface area contributed by atoms with Gasteiger partial charge in [-0.3, -0.25) is 0 Å². The summed E-state index contributed by atoms with van der Waals surface area (Å²) in [7, 11) is 1.83. The maximum atomic E-state index is 6.59. The molecule has 0 aliphatic carbocycles. The van der Waals surface area contributed by atoms with Gasteiger partial charge in [0.2, 0.25) is 0 Å². The summed E-state index contributed by atoms with van der Waals surface area (Å²) in [5.41, 5.74) is 4.08. The Labute approximate surface area is 234 Å². The van der Waals surface area contributed by atoms with Gasteiger partial charge in [0.25, 0.3) is 0 Å². The topological polar surface area (TPSA) is 15.7 Å². The number of benzene rings is 3. The van der Waals surface area contributed by atoms with Gasteiger partial charge in [0.15, 0.2) is 0 Å². The van der Waals surface area contributed by atoms with Crippen molar-refractivity contribution in [3.05, 3.63) is 112 Å². The fourth-order valence-corrected chi connectivity index (χ4v) is 8.65. The second kappa shape index (κ2) is 11.9. The van der Waals surface area contributed by atoms with Crippen molar-refractivity contribution in [2.24, 2.45) is 0 Å². The molecule has 0 N–H and O–H groups in total. The Morgan fingerprint density at radius 2 is 1.51 bits per heavy atom. The van der Waals surface area contributed by atoms with Crippen molar-refractivity contribution in [2.45, 2.75) is 42.8 Å². The minimum Gasteiger partial charge on any atom is -0.498 e. The number of piperidine rings is 1. The largest absolute Gasteiger partial charge is 0.498 e. The third-order valence-electron chi connectivity index (χ3n) is 6.69. The van der Waals surface area contributed by atoms with Crippen LogP contribution in [0, 0.1) is 0 Å². The lowest BCUT2D eigenvalue weighted by molar-refractivity contribution is 0.128. The second-order valence-corrected chi connectivity index (χ2v) is 12.0. The van der Waals surface area contributed by atoms with Crippen LogP contribution in [0.1, 0.15) is 43.0 Å². The molecule has 35 heavy (non-hydrogen) atoms. The number of ether oxygens (including phenoxy) is 1. The van der Waals surface area contributed by atoms with Crippen molar-refractivity contribution in [1.29, 1.82) is 0 Å². The highest BCUT2D eigenvalue weighted by Gasteiger charge is 2.44. The zero-order valence-electron chi connectivity index (χ0n) is 19.5. The zero-order valence-corrected chi connectivity index (χ0v) is 24.1. The summed E-state index contributed by atoms with van der Waals surface area (Å²) in [5.74, 6) is 1.16. The normalized spacial score (nSPS) is 23.2. The van der Waals surface area contributed by atoms with Crippen LogP contribution >= 0.6 is 53.9 Å². The number of nitrogens with zero attached hydrogens (tertiary/aromatic N) is 2. The lowest BCUT2D eigenvalue weighted by atomic mass is 9.84. The van der Waals surface area contributed by atoms with Crippen LogP contribution in [-0.4, -0.2) is 27.8 Å². The van der Waals surface area contributed by atoms with Gasteiger partial charge in [-0.2, -0.15) is 0 Å². The molecule has 3 atom stereocenters. The van der Waals surface area contributed by atoms with E-state index in [1.807, 2.05) is 21.3 Å². The maximum absolute atomic E-state index is 6.59. The third kappa shape index (κ3) is 5.58. The van der Waals surface area contributed by atoms with E-state index in [0.717, 1.165) is 35.1 Å². The van der Waals surface area contributed by atoms with Crippen LogP contribution in [0.3, 0.4) is 0 Å². The molecule has 5 rings (SSSR count). The average molecular weight is 635 g/mol. The Bertz CT molecular complexity index is 1160. The van der Waals surface area contributed by atoms with Gasteiger partial charge in [0.1, 0.15) is 0 Å². The Kier molecular flexibility index (Phi) is 8.68. The molecule has 1 unspecified atom stereocenters. The first-order valence-electron chi connectivity index (χ1n) is 11.9. The molecule has 0 amide bonds. The molecule has 0 saturated carbocycles. The summed E-state index contributed by atoms with van der Waals surface area (Å²) >= 11 is 10.8. The maximum Gasteiger partial charge on any atom is 0.1000 e. The van der Waals surface area contributed by atoms with Gasteiger partial charge < -0.3 is 4.74 Å². The summed E-state index contributed by atoms with van der Waals surface area (Å²) in [6.45, 7) is 3.61. The molecule has 2 heterocycles. The SMILES string of the molecule is CCOC1=C2CN(Sc3ccccc3Cl)[C@H](c3ccccc3)CC2N(SI)[C@H](c2ccccc2)C1. The molecule has 2 aliphatic rings. The summed E-state index contributed by atoms with van der Waals surface area (Å²) in [5, 5.41) is 0.794. The van der Waals surface area contributed by atoms with Crippen molar-refractivity contribution in [3.8, 4) is 0 Å². The van der Waals surface area contributed by atoms with Crippen LogP contribution in [0.15, 0.2) is 101 Å². The summed E-state index contributed by atoms with van der Waals surface area (Å²) in [6, 6.07) is 30.7. The first kappa shape index (κ1) is 25.5. The van der Waals surface area contributed by atoms with Gasteiger partial charge in [-0.05, 0) is 57.7 Å². The van der Waals surface area contributed by atoms with Crippen molar-refractivity contribution < 1.29 is 4.74 Å².